The number of benzene rings is 2. The van der Waals surface area contributed by atoms with Crippen molar-refractivity contribution >= 4 is 22.8 Å². The maximum Gasteiger partial charge on any atom is 0.228 e. The normalized spacial score (nSPS) is 11.1. The number of hydrogen-bond donors (Lipinski definition) is 0. The maximum atomic E-state index is 13.2. The second kappa shape index (κ2) is 11.1. The zero-order chi connectivity index (χ0) is 25.7. The number of carbonyl (C=O) groups is 2. The van der Waals surface area contributed by atoms with Crippen molar-refractivity contribution in [2.24, 2.45) is 0 Å². The fraction of sp³-hybridized carbons (Fsp3) is 0.286. The summed E-state index contributed by atoms with van der Waals surface area (Å²) in [5.41, 5.74) is 3.37. The molecule has 4 aromatic rings. The SMILES string of the molecule is COc1ccc(C(=O)Cc2cc(C(=O)CCCN(C)C)cc(-c3nc4ncccc4o3)c2)cc1OC. The number of ether oxygens (including phenoxy) is 2. The Labute approximate surface area is 209 Å². The third kappa shape index (κ3) is 5.78. The van der Waals surface area contributed by atoms with Gasteiger partial charge in [0.15, 0.2) is 34.3 Å². The molecule has 8 nitrogen and oxygen atoms in total. The maximum absolute atomic E-state index is 13.2. The lowest BCUT2D eigenvalue weighted by Gasteiger charge is -2.11. The number of ketones is 2. The van der Waals surface area contributed by atoms with Gasteiger partial charge in [0.25, 0.3) is 0 Å². The van der Waals surface area contributed by atoms with Gasteiger partial charge in [-0.1, -0.05) is 0 Å². The van der Waals surface area contributed by atoms with E-state index in [1.807, 2.05) is 25.1 Å². The fourth-order valence-corrected chi connectivity index (χ4v) is 3.97. The van der Waals surface area contributed by atoms with Crippen molar-refractivity contribution < 1.29 is 23.5 Å². The Balaban J connectivity index is 1.67. The molecule has 36 heavy (non-hydrogen) atoms. The van der Waals surface area contributed by atoms with Crippen molar-refractivity contribution in [1.29, 1.82) is 0 Å². The van der Waals surface area contributed by atoms with Crippen molar-refractivity contribution in [3.63, 3.8) is 0 Å². The molecule has 0 saturated carbocycles. The van der Waals surface area contributed by atoms with Crippen LogP contribution in [0.15, 0.2) is 59.1 Å². The molecule has 0 aliphatic carbocycles. The molecule has 0 radical (unpaired) electrons. The van der Waals surface area contributed by atoms with Gasteiger partial charge in [-0.15, -0.1) is 0 Å². The van der Waals surface area contributed by atoms with Gasteiger partial charge in [-0.05, 0) is 81.2 Å². The van der Waals surface area contributed by atoms with Crippen LogP contribution in [0.1, 0.15) is 39.1 Å². The topological polar surface area (TPSA) is 94.8 Å². The van der Waals surface area contributed by atoms with Crippen molar-refractivity contribution in [2.75, 3.05) is 34.9 Å². The average molecular weight is 488 g/mol. The summed E-state index contributed by atoms with van der Waals surface area (Å²) in [6.45, 7) is 0.812. The molecule has 0 saturated heterocycles. The third-order valence-electron chi connectivity index (χ3n) is 5.81. The number of fused-ring (bicyclic) bond motifs is 1. The summed E-state index contributed by atoms with van der Waals surface area (Å²) in [6, 6.07) is 14.0. The van der Waals surface area contributed by atoms with E-state index in [2.05, 4.69) is 9.97 Å². The van der Waals surface area contributed by atoms with E-state index in [-0.39, 0.29) is 18.0 Å². The minimum Gasteiger partial charge on any atom is -0.493 e. The Morgan fingerprint density at radius 1 is 0.944 bits per heavy atom. The molecule has 0 fully saturated rings. The first-order valence-electron chi connectivity index (χ1n) is 11.7. The van der Waals surface area contributed by atoms with E-state index >= 15 is 0 Å². The van der Waals surface area contributed by atoms with Crippen molar-refractivity contribution in [2.45, 2.75) is 19.3 Å². The number of rotatable bonds is 11. The van der Waals surface area contributed by atoms with Crippen LogP contribution in [0.25, 0.3) is 22.7 Å². The molecule has 0 atom stereocenters. The molecule has 0 aliphatic rings. The van der Waals surface area contributed by atoms with Gasteiger partial charge in [0, 0.05) is 35.7 Å². The molecule has 2 aromatic heterocycles. The number of Topliss-reactive ketones (excluding diaryl/α,β-unsaturated/α-hetero) is 2. The standard InChI is InChI=1S/C28H29N3O5/c1-31(2)12-6-7-22(32)20-13-18(15-23(33)19-9-10-24(34-3)26(17-19)35-4)14-21(16-20)28-30-27-25(36-28)8-5-11-29-27/h5,8-11,13-14,16-17H,6-7,12,15H2,1-4H3. The molecule has 186 valence electrons. The van der Waals surface area contributed by atoms with Crippen molar-refractivity contribution in [3.05, 3.63) is 71.4 Å². The molecule has 0 bridgehead atoms. The van der Waals surface area contributed by atoms with Crippen LogP contribution in [0.2, 0.25) is 0 Å². The molecular formula is C28H29N3O5. The van der Waals surface area contributed by atoms with Crippen LogP contribution < -0.4 is 9.47 Å². The highest BCUT2D eigenvalue weighted by molar-refractivity contribution is 6.00. The first-order valence-corrected chi connectivity index (χ1v) is 11.7. The number of hydrogen-bond acceptors (Lipinski definition) is 8. The lowest BCUT2D eigenvalue weighted by molar-refractivity contribution is 0.0971. The molecule has 0 aliphatic heterocycles. The number of pyridine rings is 1. The molecule has 4 rings (SSSR count). The summed E-state index contributed by atoms with van der Waals surface area (Å²) in [4.78, 5) is 37.0. The Hall–Kier alpha value is -4.04. The Bertz CT molecular complexity index is 1360. The van der Waals surface area contributed by atoms with Gasteiger partial charge in [-0.2, -0.15) is 4.98 Å². The minimum atomic E-state index is -0.113. The second-order valence-corrected chi connectivity index (χ2v) is 8.76. The number of nitrogens with zero attached hydrogens (tertiary/aromatic N) is 3. The zero-order valence-electron chi connectivity index (χ0n) is 20.9. The van der Waals surface area contributed by atoms with Gasteiger partial charge in [0.05, 0.1) is 14.2 Å². The molecule has 0 unspecified atom stereocenters. The summed E-state index contributed by atoms with van der Waals surface area (Å²) in [6.07, 6.45) is 2.88. The lowest BCUT2D eigenvalue weighted by Crippen LogP contribution is -2.14. The van der Waals surface area contributed by atoms with Crippen LogP contribution in [0.3, 0.4) is 0 Å². The van der Waals surface area contributed by atoms with Crippen LogP contribution in [0.4, 0.5) is 0 Å². The molecule has 0 N–H and O–H groups in total. The average Bonchev–Trinajstić information content (AvgIpc) is 3.32. The predicted molar refractivity (Wildman–Crippen MR) is 137 cm³/mol. The number of methoxy groups -OCH3 is 2. The number of carbonyl (C=O) groups excluding carboxylic acids is 2. The van der Waals surface area contributed by atoms with E-state index in [1.54, 1.807) is 55.8 Å². The van der Waals surface area contributed by atoms with E-state index in [1.165, 1.54) is 7.11 Å². The zero-order valence-corrected chi connectivity index (χ0v) is 20.9. The van der Waals surface area contributed by atoms with E-state index < -0.39 is 0 Å². The van der Waals surface area contributed by atoms with E-state index in [0.717, 1.165) is 13.0 Å². The highest BCUT2D eigenvalue weighted by Gasteiger charge is 2.17. The molecule has 0 amide bonds. The van der Waals surface area contributed by atoms with E-state index in [9.17, 15) is 9.59 Å². The summed E-state index contributed by atoms with van der Waals surface area (Å²) in [5.74, 6) is 1.27. The van der Waals surface area contributed by atoms with E-state index in [0.29, 0.717) is 57.3 Å². The van der Waals surface area contributed by atoms with Gasteiger partial charge >= 0.3 is 0 Å². The molecule has 0 spiro atoms. The largest absolute Gasteiger partial charge is 0.493 e. The smallest absolute Gasteiger partial charge is 0.228 e. The number of aromatic nitrogens is 2. The summed E-state index contributed by atoms with van der Waals surface area (Å²) < 4.78 is 16.5. The van der Waals surface area contributed by atoms with Gasteiger partial charge in [0.1, 0.15) is 0 Å². The van der Waals surface area contributed by atoms with Gasteiger partial charge in [-0.25, -0.2) is 4.98 Å². The Morgan fingerprint density at radius 2 is 1.75 bits per heavy atom. The summed E-state index contributed by atoms with van der Waals surface area (Å²) in [7, 11) is 7.02. The summed E-state index contributed by atoms with van der Waals surface area (Å²) >= 11 is 0. The van der Waals surface area contributed by atoms with Crippen molar-refractivity contribution in [1.82, 2.24) is 14.9 Å². The second-order valence-electron chi connectivity index (χ2n) is 8.76. The highest BCUT2D eigenvalue weighted by Crippen LogP contribution is 2.29. The lowest BCUT2D eigenvalue weighted by atomic mass is 9.96. The molecule has 2 aromatic carbocycles. The van der Waals surface area contributed by atoms with Crippen LogP contribution >= 0.6 is 0 Å². The molecule has 8 heteroatoms. The van der Waals surface area contributed by atoms with Gasteiger partial charge < -0.3 is 18.8 Å². The van der Waals surface area contributed by atoms with Crippen LogP contribution in [-0.2, 0) is 6.42 Å². The van der Waals surface area contributed by atoms with Crippen LogP contribution in [0, 0.1) is 0 Å². The van der Waals surface area contributed by atoms with Crippen LogP contribution in [-0.4, -0.2) is 61.3 Å². The van der Waals surface area contributed by atoms with E-state index in [4.69, 9.17) is 13.9 Å². The first-order chi connectivity index (χ1) is 17.4. The Kier molecular flexibility index (Phi) is 7.75. The van der Waals surface area contributed by atoms with Gasteiger partial charge in [-0.3, -0.25) is 9.59 Å². The van der Waals surface area contributed by atoms with Crippen LogP contribution in [0.5, 0.6) is 11.5 Å². The first kappa shape index (κ1) is 25.1. The molecular weight excluding hydrogens is 458 g/mol. The number of oxazole rings is 1. The fourth-order valence-electron chi connectivity index (χ4n) is 3.97. The monoisotopic (exact) mass is 487 g/mol. The highest BCUT2D eigenvalue weighted by atomic mass is 16.5. The minimum absolute atomic E-state index is 0.00718. The Morgan fingerprint density at radius 3 is 2.47 bits per heavy atom. The quantitative estimate of drug-likeness (QED) is 0.277. The molecule has 2 heterocycles. The van der Waals surface area contributed by atoms with Crippen molar-refractivity contribution in [3.8, 4) is 23.0 Å². The summed E-state index contributed by atoms with van der Waals surface area (Å²) in [5, 5.41) is 0. The third-order valence-corrected chi connectivity index (χ3v) is 5.81. The predicted octanol–water partition coefficient (Wildman–Crippen LogP) is 4.86. The van der Waals surface area contributed by atoms with Gasteiger partial charge in [0.2, 0.25) is 5.89 Å².